The average molecular weight is 372 g/mol. The summed E-state index contributed by atoms with van der Waals surface area (Å²) in [5.74, 6) is 0.605. The average Bonchev–Trinajstić information content (AvgIpc) is 3.19. The molecule has 1 atom stereocenters. The fourth-order valence-electron chi connectivity index (χ4n) is 3.50. The zero-order valence-corrected chi connectivity index (χ0v) is 14.9. The number of aromatic amines is 1. The smallest absolute Gasteiger partial charge is 0.147 e. The van der Waals surface area contributed by atoms with Gasteiger partial charge in [-0.15, -0.1) is 0 Å². The zero-order chi connectivity index (χ0) is 17.9. The van der Waals surface area contributed by atoms with E-state index >= 15 is 0 Å². The summed E-state index contributed by atoms with van der Waals surface area (Å²) in [6.07, 6.45) is 5.35. The Morgan fingerprint density at radius 2 is 1.88 bits per heavy atom. The van der Waals surface area contributed by atoms with Crippen LogP contribution in [0.2, 0.25) is 5.02 Å². The van der Waals surface area contributed by atoms with E-state index in [1.165, 1.54) is 6.07 Å². The fraction of sp³-hybridized carbons (Fsp3) is 0.263. The van der Waals surface area contributed by atoms with Crippen LogP contribution in [0, 0.1) is 5.82 Å². The Morgan fingerprint density at radius 1 is 1.08 bits per heavy atom. The molecule has 26 heavy (non-hydrogen) atoms. The highest BCUT2D eigenvalue weighted by molar-refractivity contribution is 6.32. The molecule has 3 heterocycles. The molecule has 0 spiro atoms. The Balaban J connectivity index is 1.57. The van der Waals surface area contributed by atoms with Crippen LogP contribution in [0.4, 0.5) is 10.2 Å². The second-order valence-electron chi connectivity index (χ2n) is 6.29. The molecule has 1 unspecified atom stereocenters. The third-order valence-electron chi connectivity index (χ3n) is 4.75. The normalized spacial score (nSPS) is 16.6. The zero-order valence-electron chi connectivity index (χ0n) is 14.1. The van der Waals surface area contributed by atoms with Crippen molar-refractivity contribution in [2.45, 2.75) is 6.04 Å². The van der Waals surface area contributed by atoms with Crippen LogP contribution in [0.15, 0.2) is 55.0 Å². The molecule has 5 nitrogen and oxygen atoms in total. The van der Waals surface area contributed by atoms with Gasteiger partial charge in [0.25, 0.3) is 0 Å². The first kappa shape index (κ1) is 17.0. The van der Waals surface area contributed by atoms with E-state index < -0.39 is 0 Å². The number of halogens is 2. The Hall–Kier alpha value is -2.44. The van der Waals surface area contributed by atoms with Gasteiger partial charge in [0.05, 0.1) is 17.3 Å². The minimum atomic E-state index is -0.200. The summed E-state index contributed by atoms with van der Waals surface area (Å²) < 4.78 is 14.5. The molecule has 4 rings (SSSR count). The van der Waals surface area contributed by atoms with E-state index in [1.54, 1.807) is 18.5 Å². The number of pyridine rings is 1. The van der Waals surface area contributed by atoms with Crippen molar-refractivity contribution in [2.24, 2.45) is 0 Å². The first-order valence-electron chi connectivity index (χ1n) is 8.56. The number of hydrogen-bond acceptors (Lipinski definition) is 4. The van der Waals surface area contributed by atoms with Crippen molar-refractivity contribution in [3.05, 3.63) is 77.0 Å². The Bertz CT molecular complexity index is 862. The van der Waals surface area contributed by atoms with Crippen LogP contribution < -0.4 is 4.90 Å². The van der Waals surface area contributed by atoms with Crippen molar-refractivity contribution >= 4 is 17.4 Å². The van der Waals surface area contributed by atoms with E-state index in [0.717, 1.165) is 37.6 Å². The summed E-state index contributed by atoms with van der Waals surface area (Å²) in [6.45, 7) is 3.10. The lowest BCUT2D eigenvalue weighted by Gasteiger charge is -2.40. The minimum absolute atomic E-state index is 0.170. The number of nitrogens with one attached hydrogen (secondary N) is 1. The third-order valence-corrected chi connectivity index (χ3v) is 5.05. The molecule has 1 N–H and O–H groups in total. The van der Waals surface area contributed by atoms with Gasteiger partial charge in [-0.25, -0.2) is 9.37 Å². The number of aromatic nitrogens is 3. The second kappa shape index (κ2) is 7.43. The van der Waals surface area contributed by atoms with Crippen LogP contribution in [-0.4, -0.2) is 46.3 Å². The molecule has 3 aromatic rings. The highest BCUT2D eigenvalue weighted by atomic mass is 35.5. The molecule has 0 bridgehead atoms. The van der Waals surface area contributed by atoms with Crippen molar-refractivity contribution in [1.29, 1.82) is 0 Å². The largest absolute Gasteiger partial charge is 0.353 e. The molecule has 2 aromatic heterocycles. The maximum Gasteiger partial charge on any atom is 0.147 e. The standard InChI is InChI=1S/C19H19ClFN5/c20-16-5-3-7-22-19(16)26-10-8-25(9-11-26)18(14-12-23-24-13-14)15-4-1-2-6-17(15)21/h1-7,12-13,18H,8-11H2,(H,23,24). The first-order valence-corrected chi connectivity index (χ1v) is 8.94. The van der Waals surface area contributed by atoms with Gasteiger partial charge in [-0.3, -0.25) is 10.00 Å². The van der Waals surface area contributed by atoms with Crippen LogP contribution in [0.1, 0.15) is 17.2 Å². The number of piperazine rings is 1. The summed E-state index contributed by atoms with van der Waals surface area (Å²) in [6, 6.07) is 10.4. The summed E-state index contributed by atoms with van der Waals surface area (Å²) in [5.41, 5.74) is 1.62. The number of nitrogens with zero attached hydrogens (tertiary/aromatic N) is 4. The van der Waals surface area contributed by atoms with Crippen LogP contribution in [0.3, 0.4) is 0 Å². The number of anilines is 1. The van der Waals surface area contributed by atoms with Gasteiger partial charge in [0.2, 0.25) is 0 Å². The number of hydrogen-bond donors (Lipinski definition) is 1. The molecular weight excluding hydrogens is 353 g/mol. The number of H-pyrrole nitrogens is 1. The van der Waals surface area contributed by atoms with Gasteiger partial charge in [-0.1, -0.05) is 29.8 Å². The van der Waals surface area contributed by atoms with Crippen LogP contribution >= 0.6 is 11.6 Å². The van der Waals surface area contributed by atoms with Gasteiger partial charge in [0.1, 0.15) is 11.6 Å². The van der Waals surface area contributed by atoms with Gasteiger partial charge >= 0.3 is 0 Å². The van der Waals surface area contributed by atoms with E-state index in [-0.39, 0.29) is 11.9 Å². The number of benzene rings is 1. The molecule has 134 valence electrons. The second-order valence-corrected chi connectivity index (χ2v) is 6.69. The first-order chi connectivity index (χ1) is 12.7. The third kappa shape index (κ3) is 3.30. The maximum atomic E-state index is 14.5. The van der Waals surface area contributed by atoms with Gasteiger partial charge < -0.3 is 4.90 Å². The maximum absolute atomic E-state index is 14.5. The fourth-order valence-corrected chi connectivity index (χ4v) is 3.74. The van der Waals surface area contributed by atoms with Crippen LogP contribution in [0.25, 0.3) is 0 Å². The quantitative estimate of drug-likeness (QED) is 0.762. The van der Waals surface area contributed by atoms with Crippen molar-refractivity contribution in [1.82, 2.24) is 20.1 Å². The molecule has 1 aliphatic rings. The monoisotopic (exact) mass is 371 g/mol. The molecule has 1 aromatic carbocycles. The van der Waals surface area contributed by atoms with Gasteiger partial charge in [-0.2, -0.15) is 5.10 Å². The lowest BCUT2D eigenvalue weighted by atomic mass is 9.98. The van der Waals surface area contributed by atoms with Crippen molar-refractivity contribution in [2.75, 3.05) is 31.1 Å². The highest BCUT2D eigenvalue weighted by Crippen LogP contribution is 2.32. The minimum Gasteiger partial charge on any atom is -0.353 e. The molecule has 0 aliphatic carbocycles. The molecule has 1 fully saturated rings. The molecule has 1 aliphatic heterocycles. The SMILES string of the molecule is Fc1ccccc1C(c1cn[nH]c1)N1CCN(c2ncccc2Cl)CC1. The van der Waals surface area contributed by atoms with E-state index in [4.69, 9.17) is 11.6 Å². The summed E-state index contributed by atoms with van der Waals surface area (Å²) in [7, 11) is 0. The molecule has 0 amide bonds. The molecular formula is C19H19ClFN5. The van der Waals surface area contributed by atoms with Crippen LogP contribution in [0.5, 0.6) is 0 Å². The van der Waals surface area contributed by atoms with Crippen molar-refractivity contribution in [3.8, 4) is 0 Å². The van der Waals surface area contributed by atoms with E-state index in [0.29, 0.717) is 10.6 Å². The van der Waals surface area contributed by atoms with E-state index in [2.05, 4.69) is 25.0 Å². The summed E-state index contributed by atoms with van der Waals surface area (Å²) in [5, 5.41) is 7.55. The van der Waals surface area contributed by atoms with Crippen molar-refractivity contribution < 1.29 is 4.39 Å². The molecule has 7 heteroatoms. The van der Waals surface area contributed by atoms with Gasteiger partial charge in [-0.05, 0) is 18.2 Å². The van der Waals surface area contributed by atoms with Crippen LogP contribution in [-0.2, 0) is 0 Å². The lowest BCUT2D eigenvalue weighted by Crippen LogP contribution is -2.48. The van der Waals surface area contributed by atoms with Gasteiger partial charge in [0, 0.05) is 49.7 Å². The highest BCUT2D eigenvalue weighted by Gasteiger charge is 2.29. The van der Waals surface area contributed by atoms with Gasteiger partial charge in [0.15, 0.2) is 0 Å². The predicted octanol–water partition coefficient (Wildman–Crippen LogP) is 3.51. The molecule has 0 saturated carbocycles. The molecule has 0 radical (unpaired) electrons. The lowest BCUT2D eigenvalue weighted by molar-refractivity contribution is 0.208. The Kier molecular flexibility index (Phi) is 4.86. The van der Waals surface area contributed by atoms with Crippen molar-refractivity contribution in [3.63, 3.8) is 0 Å². The predicted molar refractivity (Wildman–Crippen MR) is 99.9 cm³/mol. The Morgan fingerprint density at radius 3 is 2.58 bits per heavy atom. The van der Waals surface area contributed by atoms with E-state index in [9.17, 15) is 4.39 Å². The van der Waals surface area contributed by atoms with E-state index in [1.807, 2.05) is 30.5 Å². The topological polar surface area (TPSA) is 48.1 Å². The summed E-state index contributed by atoms with van der Waals surface area (Å²) >= 11 is 6.27. The number of rotatable bonds is 4. The summed E-state index contributed by atoms with van der Waals surface area (Å²) in [4.78, 5) is 8.84. The molecule has 1 saturated heterocycles. The Labute approximate surface area is 156 Å².